The molecule has 2 aromatic rings. The van der Waals surface area contributed by atoms with Crippen LogP contribution in [0.3, 0.4) is 0 Å². The lowest BCUT2D eigenvalue weighted by molar-refractivity contribution is -0.135. The Labute approximate surface area is 133 Å². The first kappa shape index (κ1) is 15.3. The topological polar surface area (TPSA) is 79.8 Å². The maximum absolute atomic E-state index is 12.5. The van der Waals surface area contributed by atoms with Crippen molar-refractivity contribution >= 4 is 11.8 Å². The number of rotatable bonds is 3. The second kappa shape index (κ2) is 6.28. The molecule has 7 nitrogen and oxygen atoms in total. The van der Waals surface area contributed by atoms with Gasteiger partial charge in [0.05, 0.1) is 6.26 Å². The molecule has 0 N–H and O–H groups in total. The molecule has 1 saturated heterocycles. The fourth-order valence-corrected chi connectivity index (χ4v) is 2.57. The van der Waals surface area contributed by atoms with Gasteiger partial charge in [0.1, 0.15) is 0 Å². The van der Waals surface area contributed by atoms with Gasteiger partial charge in [0.25, 0.3) is 5.91 Å². The molecule has 0 aliphatic carbocycles. The summed E-state index contributed by atoms with van der Waals surface area (Å²) < 4.78 is 10.4. The maximum atomic E-state index is 12.5. The van der Waals surface area contributed by atoms with E-state index in [0.29, 0.717) is 37.7 Å². The van der Waals surface area contributed by atoms with Crippen LogP contribution in [-0.2, 0) is 4.79 Å². The molecule has 7 heteroatoms. The first-order valence-electron chi connectivity index (χ1n) is 7.65. The minimum atomic E-state index is -0.191. The molecule has 122 valence electrons. The van der Waals surface area contributed by atoms with E-state index in [1.54, 1.807) is 28.0 Å². The zero-order valence-corrected chi connectivity index (χ0v) is 13.2. The van der Waals surface area contributed by atoms with Crippen molar-refractivity contribution in [2.75, 3.05) is 26.2 Å². The van der Waals surface area contributed by atoms with Crippen LogP contribution in [0, 0.1) is 5.92 Å². The van der Waals surface area contributed by atoms with Crippen molar-refractivity contribution < 1.29 is 18.5 Å². The Hall–Kier alpha value is -2.57. The van der Waals surface area contributed by atoms with Crippen molar-refractivity contribution in [1.82, 2.24) is 15.0 Å². The van der Waals surface area contributed by atoms with Crippen molar-refractivity contribution in [3.63, 3.8) is 0 Å². The molecule has 0 aromatic carbocycles. The summed E-state index contributed by atoms with van der Waals surface area (Å²) in [6.07, 6.45) is 1.53. The Morgan fingerprint density at radius 3 is 2.43 bits per heavy atom. The third-order valence-electron chi connectivity index (χ3n) is 3.87. The number of amides is 2. The maximum Gasteiger partial charge on any atom is 0.276 e. The molecule has 2 aromatic heterocycles. The van der Waals surface area contributed by atoms with Gasteiger partial charge in [-0.15, -0.1) is 0 Å². The van der Waals surface area contributed by atoms with E-state index in [0.717, 1.165) is 0 Å². The predicted octanol–water partition coefficient (Wildman–Crippen LogP) is 1.87. The summed E-state index contributed by atoms with van der Waals surface area (Å²) in [5.41, 5.74) is 0.250. The van der Waals surface area contributed by atoms with E-state index in [2.05, 4.69) is 5.16 Å². The van der Waals surface area contributed by atoms with Crippen molar-refractivity contribution in [1.29, 1.82) is 0 Å². The lowest BCUT2D eigenvalue weighted by Gasteiger charge is -2.35. The molecule has 0 radical (unpaired) electrons. The third-order valence-corrected chi connectivity index (χ3v) is 3.87. The molecule has 1 aliphatic rings. The standard InChI is InChI=1S/C16H19N3O4/c1-11(2)15(20)18-5-7-19(8-6-18)16(21)12-10-14(23-17-12)13-4-3-9-22-13/h3-4,9-11H,5-8H2,1-2H3. The van der Waals surface area contributed by atoms with E-state index >= 15 is 0 Å². The van der Waals surface area contributed by atoms with Crippen LogP contribution in [0.1, 0.15) is 24.3 Å². The summed E-state index contributed by atoms with van der Waals surface area (Å²) in [5.74, 6) is 0.862. The van der Waals surface area contributed by atoms with Gasteiger partial charge in [0, 0.05) is 38.2 Å². The number of piperazine rings is 1. The van der Waals surface area contributed by atoms with Crippen LogP contribution in [0.4, 0.5) is 0 Å². The van der Waals surface area contributed by atoms with E-state index in [4.69, 9.17) is 8.94 Å². The zero-order chi connectivity index (χ0) is 16.4. The minimum absolute atomic E-state index is 0.0244. The van der Waals surface area contributed by atoms with E-state index in [1.807, 2.05) is 13.8 Å². The average molecular weight is 317 g/mol. The molecule has 3 rings (SSSR count). The highest BCUT2D eigenvalue weighted by atomic mass is 16.5. The summed E-state index contributed by atoms with van der Waals surface area (Å²) >= 11 is 0. The van der Waals surface area contributed by atoms with Gasteiger partial charge in [-0.1, -0.05) is 19.0 Å². The summed E-state index contributed by atoms with van der Waals surface area (Å²) in [6.45, 7) is 5.86. The first-order chi connectivity index (χ1) is 11.1. The number of nitrogens with zero attached hydrogens (tertiary/aromatic N) is 3. The van der Waals surface area contributed by atoms with Gasteiger partial charge in [0.15, 0.2) is 11.5 Å². The van der Waals surface area contributed by atoms with Crippen molar-refractivity contribution in [2.24, 2.45) is 5.92 Å². The average Bonchev–Trinajstić information content (AvgIpc) is 3.24. The van der Waals surface area contributed by atoms with Crippen LogP contribution >= 0.6 is 0 Å². The monoisotopic (exact) mass is 317 g/mol. The predicted molar refractivity (Wildman–Crippen MR) is 81.5 cm³/mol. The minimum Gasteiger partial charge on any atom is -0.461 e. The molecular weight excluding hydrogens is 298 g/mol. The van der Waals surface area contributed by atoms with Gasteiger partial charge in [-0.3, -0.25) is 9.59 Å². The molecule has 3 heterocycles. The third kappa shape index (κ3) is 3.13. The molecule has 0 bridgehead atoms. The van der Waals surface area contributed by atoms with Crippen LogP contribution in [0.15, 0.2) is 33.4 Å². The number of aromatic nitrogens is 1. The second-order valence-corrected chi connectivity index (χ2v) is 5.83. The van der Waals surface area contributed by atoms with Crippen LogP contribution in [0.5, 0.6) is 0 Å². The molecule has 23 heavy (non-hydrogen) atoms. The van der Waals surface area contributed by atoms with Crippen LogP contribution in [-0.4, -0.2) is 52.9 Å². The summed E-state index contributed by atoms with van der Waals surface area (Å²) in [4.78, 5) is 27.9. The smallest absolute Gasteiger partial charge is 0.276 e. The van der Waals surface area contributed by atoms with Crippen LogP contribution in [0.2, 0.25) is 0 Å². The quantitative estimate of drug-likeness (QED) is 0.863. The molecule has 1 aliphatic heterocycles. The number of hydrogen-bond donors (Lipinski definition) is 0. The summed E-state index contributed by atoms with van der Waals surface area (Å²) in [6, 6.07) is 5.06. The largest absolute Gasteiger partial charge is 0.461 e. The first-order valence-corrected chi connectivity index (χ1v) is 7.65. The number of carbonyl (C=O) groups is 2. The van der Waals surface area contributed by atoms with Crippen LogP contribution < -0.4 is 0 Å². The van der Waals surface area contributed by atoms with Gasteiger partial charge in [0.2, 0.25) is 11.7 Å². The Morgan fingerprint density at radius 1 is 1.13 bits per heavy atom. The molecule has 0 spiro atoms. The fraction of sp³-hybridized carbons (Fsp3) is 0.438. The highest BCUT2D eigenvalue weighted by Crippen LogP contribution is 2.21. The lowest BCUT2D eigenvalue weighted by Crippen LogP contribution is -2.51. The van der Waals surface area contributed by atoms with Crippen molar-refractivity contribution in [3.8, 4) is 11.5 Å². The van der Waals surface area contributed by atoms with E-state index in [-0.39, 0.29) is 23.4 Å². The number of carbonyl (C=O) groups excluding carboxylic acids is 2. The molecule has 0 atom stereocenters. The molecule has 2 amide bonds. The Kier molecular flexibility index (Phi) is 4.18. The van der Waals surface area contributed by atoms with Gasteiger partial charge >= 0.3 is 0 Å². The zero-order valence-electron chi connectivity index (χ0n) is 13.2. The van der Waals surface area contributed by atoms with Gasteiger partial charge in [-0.2, -0.15) is 0 Å². The highest BCUT2D eigenvalue weighted by molar-refractivity contribution is 5.93. The van der Waals surface area contributed by atoms with E-state index < -0.39 is 0 Å². The lowest BCUT2D eigenvalue weighted by atomic mass is 10.1. The number of furan rings is 1. The Morgan fingerprint density at radius 2 is 1.83 bits per heavy atom. The molecule has 0 saturated carbocycles. The van der Waals surface area contributed by atoms with Gasteiger partial charge in [-0.05, 0) is 12.1 Å². The second-order valence-electron chi connectivity index (χ2n) is 5.83. The summed E-state index contributed by atoms with van der Waals surface area (Å²) in [7, 11) is 0. The fourth-order valence-electron chi connectivity index (χ4n) is 2.57. The summed E-state index contributed by atoms with van der Waals surface area (Å²) in [5, 5.41) is 3.82. The molecular formula is C16H19N3O4. The Balaban J connectivity index is 1.63. The highest BCUT2D eigenvalue weighted by Gasteiger charge is 2.27. The van der Waals surface area contributed by atoms with Crippen LogP contribution in [0.25, 0.3) is 11.5 Å². The normalized spacial score (nSPS) is 15.3. The van der Waals surface area contributed by atoms with E-state index in [1.165, 1.54) is 6.26 Å². The Bertz CT molecular complexity index is 682. The SMILES string of the molecule is CC(C)C(=O)N1CCN(C(=O)c2cc(-c3ccco3)on2)CC1. The van der Waals surface area contributed by atoms with Gasteiger partial charge < -0.3 is 18.7 Å². The van der Waals surface area contributed by atoms with Crippen molar-refractivity contribution in [3.05, 3.63) is 30.2 Å². The van der Waals surface area contributed by atoms with E-state index in [9.17, 15) is 9.59 Å². The molecule has 0 unspecified atom stereocenters. The van der Waals surface area contributed by atoms with Gasteiger partial charge in [-0.25, -0.2) is 0 Å². The van der Waals surface area contributed by atoms with Crippen molar-refractivity contribution in [2.45, 2.75) is 13.8 Å². The number of hydrogen-bond acceptors (Lipinski definition) is 5. The molecule has 1 fully saturated rings.